The minimum absolute atomic E-state index is 0.0233. The number of nitrogens with zero attached hydrogens (tertiary/aromatic N) is 1. The molecule has 0 bridgehead atoms. The zero-order valence-corrected chi connectivity index (χ0v) is 16.6. The molecule has 2 aromatic carbocycles. The fourth-order valence-corrected chi connectivity index (χ4v) is 3.18. The topological polar surface area (TPSA) is 92.5 Å². The predicted octanol–water partition coefficient (Wildman–Crippen LogP) is 2.14. The molecule has 0 aliphatic heterocycles. The quantitative estimate of drug-likeness (QED) is 0.673. The Kier molecular flexibility index (Phi) is 7.39. The summed E-state index contributed by atoms with van der Waals surface area (Å²) < 4.78 is 60.1. The summed E-state index contributed by atoms with van der Waals surface area (Å²) in [6.07, 6.45) is -3.86. The summed E-state index contributed by atoms with van der Waals surface area (Å²) >= 11 is 0. The van der Waals surface area contributed by atoms with E-state index in [1.165, 1.54) is 24.3 Å². The highest BCUT2D eigenvalue weighted by Crippen LogP contribution is 2.29. The maximum absolute atomic E-state index is 12.6. The Morgan fingerprint density at radius 1 is 1.03 bits per heavy atom. The Morgan fingerprint density at radius 2 is 1.59 bits per heavy atom. The summed E-state index contributed by atoms with van der Waals surface area (Å²) in [7, 11) is -2.04. The van der Waals surface area contributed by atoms with Crippen molar-refractivity contribution in [3.8, 4) is 0 Å². The Labute approximate surface area is 167 Å². The Bertz CT molecular complexity index is 928. The van der Waals surface area contributed by atoms with Gasteiger partial charge in [-0.2, -0.15) is 13.2 Å². The van der Waals surface area contributed by atoms with Crippen molar-refractivity contribution < 1.29 is 26.4 Å². The van der Waals surface area contributed by atoms with Gasteiger partial charge in [-0.15, -0.1) is 0 Å². The zero-order chi connectivity index (χ0) is 21.7. The van der Waals surface area contributed by atoms with Gasteiger partial charge >= 0.3 is 6.18 Å². The van der Waals surface area contributed by atoms with Crippen molar-refractivity contribution in [3.05, 3.63) is 65.2 Å². The van der Waals surface area contributed by atoms with Crippen LogP contribution in [0.4, 0.5) is 13.2 Å². The smallest absolute Gasteiger partial charge is 0.355 e. The van der Waals surface area contributed by atoms with Gasteiger partial charge in [-0.05, 0) is 48.9 Å². The minimum Gasteiger partial charge on any atom is -0.355 e. The van der Waals surface area contributed by atoms with Gasteiger partial charge in [0.05, 0.1) is 17.0 Å². The van der Waals surface area contributed by atoms with Crippen molar-refractivity contribution in [1.82, 2.24) is 10.2 Å². The number of benzene rings is 2. The molecule has 0 aliphatic carbocycles. The van der Waals surface area contributed by atoms with Gasteiger partial charge in [-0.3, -0.25) is 9.69 Å². The van der Waals surface area contributed by atoms with Crippen LogP contribution in [-0.2, 0) is 34.0 Å². The molecule has 2 aromatic rings. The standard InChI is InChI=1S/C19H22F3N3O3S/c1-25(12-15-2-6-16(7-3-15)19(20,21)22)13-18(26)24-11-10-14-4-8-17(9-5-14)29(23,27)28/h2-9H,10-13H2,1H3,(H,24,26)(H2,23,27,28). The van der Waals surface area contributed by atoms with Crippen LogP contribution in [0.5, 0.6) is 0 Å². The maximum Gasteiger partial charge on any atom is 0.416 e. The number of rotatable bonds is 8. The van der Waals surface area contributed by atoms with Gasteiger partial charge in [-0.1, -0.05) is 24.3 Å². The fraction of sp³-hybridized carbons (Fsp3) is 0.316. The molecule has 10 heteroatoms. The molecule has 0 heterocycles. The molecule has 0 unspecified atom stereocenters. The molecule has 0 spiro atoms. The molecule has 158 valence electrons. The number of carbonyl (C=O) groups excluding carboxylic acids is 1. The van der Waals surface area contributed by atoms with Gasteiger partial charge in [0, 0.05) is 13.1 Å². The first-order valence-electron chi connectivity index (χ1n) is 8.68. The molecule has 0 radical (unpaired) electrons. The van der Waals surface area contributed by atoms with E-state index in [-0.39, 0.29) is 17.3 Å². The second kappa shape index (κ2) is 9.38. The minimum atomic E-state index is -4.37. The Balaban J connectivity index is 1.76. The van der Waals surface area contributed by atoms with E-state index in [1.54, 1.807) is 24.1 Å². The number of nitrogens with two attached hydrogens (primary N) is 1. The van der Waals surface area contributed by atoms with Crippen LogP contribution in [-0.4, -0.2) is 39.4 Å². The molecular formula is C19H22F3N3O3S. The molecule has 0 saturated heterocycles. The molecule has 0 fully saturated rings. The van der Waals surface area contributed by atoms with Gasteiger partial charge in [0.25, 0.3) is 0 Å². The fourth-order valence-electron chi connectivity index (χ4n) is 2.66. The van der Waals surface area contributed by atoms with Gasteiger partial charge in [0.1, 0.15) is 0 Å². The lowest BCUT2D eigenvalue weighted by atomic mass is 10.1. The van der Waals surface area contributed by atoms with Crippen LogP contribution in [0.15, 0.2) is 53.4 Å². The van der Waals surface area contributed by atoms with E-state index in [0.717, 1.165) is 17.7 Å². The van der Waals surface area contributed by atoms with Gasteiger partial charge in [0.2, 0.25) is 15.9 Å². The van der Waals surface area contributed by atoms with Crippen molar-refractivity contribution in [3.63, 3.8) is 0 Å². The van der Waals surface area contributed by atoms with Crippen LogP contribution in [0, 0.1) is 0 Å². The molecule has 0 saturated carbocycles. The van der Waals surface area contributed by atoms with E-state index in [1.807, 2.05) is 0 Å². The van der Waals surface area contributed by atoms with E-state index in [9.17, 15) is 26.4 Å². The summed E-state index contributed by atoms with van der Waals surface area (Å²) in [5.74, 6) is -0.222. The number of halogens is 3. The first-order valence-corrected chi connectivity index (χ1v) is 10.2. The lowest BCUT2D eigenvalue weighted by Gasteiger charge is -2.17. The van der Waals surface area contributed by atoms with Crippen LogP contribution >= 0.6 is 0 Å². The van der Waals surface area contributed by atoms with E-state index >= 15 is 0 Å². The monoisotopic (exact) mass is 429 g/mol. The number of sulfonamides is 1. The SMILES string of the molecule is CN(CC(=O)NCCc1ccc(S(N)(=O)=O)cc1)Cc1ccc(C(F)(F)F)cc1. The van der Waals surface area contributed by atoms with Crippen LogP contribution in [0.25, 0.3) is 0 Å². The van der Waals surface area contributed by atoms with Crippen molar-refractivity contribution >= 4 is 15.9 Å². The third-order valence-corrected chi connectivity index (χ3v) is 5.06. The first kappa shape index (κ1) is 22.9. The summed E-state index contributed by atoms with van der Waals surface area (Å²) in [6, 6.07) is 10.9. The zero-order valence-electron chi connectivity index (χ0n) is 15.7. The van der Waals surface area contributed by atoms with Gasteiger partial charge < -0.3 is 5.32 Å². The van der Waals surface area contributed by atoms with Crippen LogP contribution in [0.1, 0.15) is 16.7 Å². The normalized spacial score (nSPS) is 12.2. The molecule has 1 amide bonds. The molecule has 3 N–H and O–H groups in total. The molecule has 6 nitrogen and oxygen atoms in total. The molecule has 0 aliphatic rings. The number of likely N-dealkylation sites (N-methyl/N-ethyl adjacent to an activating group) is 1. The molecule has 2 rings (SSSR count). The van der Waals surface area contributed by atoms with Crippen LogP contribution in [0.3, 0.4) is 0 Å². The molecular weight excluding hydrogens is 407 g/mol. The molecule has 29 heavy (non-hydrogen) atoms. The molecule has 0 aromatic heterocycles. The third-order valence-electron chi connectivity index (χ3n) is 4.14. The molecule has 0 atom stereocenters. The number of hydrogen-bond acceptors (Lipinski definition) is 4. The average molecular weight is 429 g/mol. The maximum atomic E-state index is 12.6. The number of carbonyl (C=O) groups is 1. The van der Waals surface area contributed by atoms with E-state index < -0.39 is 21.8 Å². The largest absolute Gasteiger partial charge is 0.416 e. The van der Waals surface area contributed by atoms with Gasteiger partial charge in [-0.25, -0.2) is 13.6 Å². The van der Waals surface area contributed by atoms with Crippen molar-refractivity contribution in [2.45, 2.75) is 24.0 Å². The van der Waals surface area contributed by atoms with E-state index in [0.29, 0.717) is 25.1 Å². The summed E-state index contributed by atoms with van der Waals surface area (Å²) in [5, 5.41) is 7.78. The third kappa shape index (κ3) is 7.48. The Hall–Kier alpha value is -2.43. The van der Waals surface area contributed by atoms with Crippen molar-refractivity contribution in [2.24, 2.45) is 5.14 Å². The number of hydrogen-bond donors (Lipinski definition) is 2. The summed E-state index contributed by atoms with van der Waals surface area (Å²) in [6.45, 7) is 0.785. The highest BCUT2D eigenvalue weighted by Gasteiger charge is 2.29. The van der Waals surface area contributed by atoms with E-state index in [2.05, 4.69) is 5.32 Å². The number of amides is 1. The summed E-state index contributed by atoms with van der Waals surface area (Å²) in [4.78, 5) is 13.7. The number of primary sulfonamides is 1. The predicted molar refractivity (Wildman–Crippen MR) is 102 cm³/mol. The van der Waals surface area contributed by atoms with Crippen LogP contribution in [0.2, 0.25) is 0 Å². The number of alkyl halides is 3. The average Bonchev–Trinajstić information content (AvgIpc) is 2.61. The lowest BCUT2D eigenvalue weighted by Crippen LogP contribution is -2.35. The second-order valence-corrected chi connectivity index (χ2v) is 8.22. The Morgan fingerprint density at radius 3 is 2.10 bits per heavy atom. The van der Waals surface area contributed by atoms with E-state index in [4.69, 9.17) is 5.14 Å². The van der Waals surface area contributed by atoms with Crippen molar-refractivity contribution in [2.75, 3.05) is 20.1 Å². The highest BCUT2D eigenvalue weighted by molar-refractivity contribution is 7.89. The van der Waals surface area contributed by atoms with Crippen molar-refractivity contribution in [1.29, 1.82) is 0 Å². The van der Waals surface area contributed by atoms with Gasteiger partial charge in [0.15, 0.2) is 0 Å². The first-order chi connectivity index (χ1) is 13.4. The summed E-state index contributed by atoms with van der Waals surface area (Å²) in [5.41, 5.74) is 0.804. The lowest BCUT2D eigenvalue weighted by molar-refractivity contribution is -0.137. The number of nitrogens with one attached hydrogen (secondary N) is 1. The van der Waals surface area contributed by atoms with Crippen LogP contribution < -0.4 is 10.5 Å². The second-order valence-electron chi connectivity index (χ2n) is 6.66. The highest BCUT2D eigenvalue weighted by atomic mass is 32.2.